The molecular weight excluding hydrogens is 192 g/mol. The summed E-state index contributed by atoms with van der Waals surface area (Å²) in [5.41, 5.74) is 0. The Bertz CT molecular complexity index is 34.8. The molecule has 0 amide bonds. The first-order chi connectivity index (χ1) is 6.83. The Hall–Kier alpha value is -0.240. The molecule has 0 aliphatic rings. The van der Waals surface area contributed by atoms with Gasteiger partial charge >= 0.3 is 0 Å². The van der Waals surface area contributed by atoms with Gasteiger partial charge in [-0.15, -0.1) is 0 Å². The lowest BCUT2D eigenvalue weighted by Crippen LogP contribution is -1.87. The lowest BCUT2D eigenvalue weighted by atomic mass is 11.4. The minimum Gasteiger partial charge on any atom is -0.400 e. The Morgan fingerprint density at radius 3 is 0.714 bits per heavy atom. The molecule has 0 heterocycles. The third-order valence-electron chi connectivity index (χ3n) is 0.471. The lowest BCUT2D eigenvalue weighted by Gasteiger charge is -1.87. The van der Waals surface area contributed by atoms with Gasteiger partial charge in [-0.25, -0.2) is 0 Å². The SMILES string of the molecule is CO.CO.COCOC.COCOC. The maximum atomic E-state index is 7.00. The lowest BCUT2D eigenvalue weighted by molar-refractivity contribution is -0.00282. The van der Waals surface area contributed by atoms with Crippen molar-refractivity contribution in [2.75, 3.05) is 56.2 Å². The topological polar surface area (TPSA) is 77.4 Å². The first-order valence-corrected chi connectivity index (χ1v) is 3.68. The van der Waals surface area contributed by atoms with Crippen molar-refractivity contribution in [1.82, 2.24) is 0 Å². The van der Waals surface area contributed by atoms with Crippen LogP contribution in [-0.4, -0.2) is 66.5 Å². The van der Waals surface area contributed by atoms with Crippen LogP contribution >= 0.6 is 0 Å². The highest BCUT2D eigenvalue weighted by Gasteiger charge is 1.63. The van der Waals surface area contributed by atoms with Gasteiger partial charge in [0.1, 0.15) is 13.6 Å². The first-order valence-electron chi connectivity index (χ1n) is 3.68. The van der Waals surface area contributed by atoms with Gasteiger partial charge in [0, 0.05) is 42.7 Å². The molecule has 0 rings (SSSR count). The number of hydrogen-bond acceptors (Lipinski definition) is 6. The van der Waals surface area contributed by atoms with E-state index in [1.54, 1.807) is 28.4 Å². The fraction of sp³-hybridized carbons (Fsp3) is 1.00. The number of methoxy groups -OCH3 is 4. The van der Waals surface area contributed by atoms with E-state index in [0.717, 1.165) is 14.2 Å². The van der Waals surface area contributed by atoms with Crippen molar-refractivity contribution in [3.8, 4) is 0 Å². The average Bonchev–Trinajstić information content (AvgIpc) is 2.27. The van der Waals surface area contributed by atoms with Gasteiger partial charge in [0.15, 0.2) is 0 Å². The van der Waals surface area contributed by atoms with Crippen LogP contribution in [0.2, 0.25) is 0 Å². The van der Waals surface area contributed by atoms with E-state index in [1.165, 1.54) is 0 Å². The van der Waals surface area contributed by atoms with Crippen LogP contribution in [0.5, 0.6) is 0 Å². The van der Waals surface area contributed by atoms with Gasteiger partial charge in [-0.2, -0.15) is 0 Å². The zero-order valence-corrected chi connectivity index (χ0v) is 9.94. The Balaban J connectivity index is -0.0000000528. The summed E-state index contributed by atoms with van der Waals surface area (Å²) in [6, 6.07) is 0. The number of hydrogen-bond donors (Lipinski definition) is 2. The maximum Gasteiger partial charge on any atom is 0.145 e. The van der Waals surface area contributed by atoms with Gasteiger partial charge in [-0.1, -0.05) is 0 Å². The standard InChI is InChI=1S/2C3H8O2.2CH4O/c2*1-4-3-5-2;2*1-2/h2*3H2,1-2H3;2*2H,1H3. The molecule has 0 aromatic rings. The highest BCUT2D eigenvalue weighted by atomic mass is 16.7. The summed E-state index contributed by atoms with van der Waals surface area (Å²) in [6.45, 7) is 0.778. The minimum atomic E-state index is 0.389. The van der Waals surface area contributed by atoms with E-state index in [1.807, 2.05) is 0 Å². The third kappa shape index (κ3) is 96.3. The first kappa shape index (κ1) is 23.5. The molecule has 0 radical (unpaired) electrons. The molecule has 92 valence electrons. The Morgan fingerprint density at radius 2 is 0.714 bits per heavy atom. The van der Waals surface area contributed by atoms with Crippen LogP contribution in [0.1, 0.15) is 0 Å². The van der Waals surface area contributed by atoms with Crippen LogP contribution in [0.4, 0.5) is 0 Å². The smallest absolute Gasteiger partial charge is 0.145 e. The Morgan fingerprint density at radius 1 is 0.571 bits per heavy atom. The molecule has 0 aliphatic carbocycles. The summed E-state index contributed by atoms with van der Waals surface area (Å²) < 4.78 is 17.9. The zero-order valence-electron chi connectivity index (χ0n) is 9.94. The summed E-state index contributed by atoms with van der Waals surface area (Å²) in [4.78, 5) is 0. The molecule has 0 fully saturated rings. The van der Waals surface area contributed by atoms with Gasteiger partial charge in [-0.05, 0) is 0 Å². The van der Waals surface area contributed by atoms with Gasteiger partial charge < -0.3 is 29.2 Å². The number of aliphatic hydroxyl groups is 2. The Labute approximate surface area is 86.4 Å². The predicted octanol–water partition coefficient (Wildman–Crippen LogP) is -0.310. The molecule has 0 aromatic heterocycles. The van der Waals surface area contributed by atoms with E-state index in [4.69, 9.17) is 10.2 Å². The van der Waals surface area contributed by atoms with Crippen LogP contribution < -0.4 is 0 Å². The molecule has 0 atom stereocenters. The molecule has 0 saturated carbocycles. The molecule has 0 bridgehead atoms. The molecule has 2 N–H and O–H groups in total. The number of aliphatic hydroxyl groups excluding tert-OH is 2. The zero-order chi connectivity index (χ0) is 12.2. The highest BCUT2D eigenvalue weighted by molar-refractivity contribution is 3.85. The van der Waals surface area contributed by atoms with Gasteiger partial charge in [0.25, 0.3) is 0 Å². The molecule has 0 spiro atoms. The van der Waals surface area contributed by atoms with E-state index in [0.29, 0.717) is 13.6 Å². The van der Waals surface area contributed by atoms with Gasteiger partial charge in [-0.3, -0.25) is 0 Å². The fourth-order valence-electron chi connectivity index (χ4n) is 0.236. The van der Waals surface area contributed by atoms with Crippen molar-refractivity contribution in [2.45, 2.75) is 0 Å². The van der Waals surface area contributed by atoms with Crippen LogP contribution in [-0.2, 0) is 18.9 Å². The second-order valence-corrected chi connectivity index (χ2v) is 1.39. The van der Waals surface area contributed by atoms with Gasteiger partial charge in [0.2, 0.25) is 0 Å². The van der Waals surface area contributed by atoms with Crippen LogP contribution in [0, 0.1) is 0 Å². The molecule has 0 saturated heterocycles. The van der Waals surface area contributed by atoms with E-state index in [9.17, 15) is 0 Å². The third-order valence-corrected chi connectivity index (χ3v) is 0.471. The quantitative estimate of drug-likeness (QED) is 0.628. The molecule has 6 nitrogen and oxygen atoms in total. The Kier molecular flexibility index (Phi) is 89.4. The molecule has 6 heteroatoms. The molecule has 14 heavy (non-hydrogen) atoms. The minimum absolute atomic E-state index is 0.389. The van der Waals surface area contributed by atoms with Crippen molar-refractivity contribution < 1.29 is 29.2 Å². The van der Waals surface area contributed by atoms with Crippen LogP contribution in [0.3, 0.4) is 0 Å². The molecule has 0 unspecified atom stereocenters. The van der Waals surface area contributed by atoms with E-state index < -0.39 is 0 Å². The molecule has 0 aliphatic heterocycles. The summed E-state index contributed by atoms with van der Waals surface area (Å²) >= 11 is 0. The van der Waals surface area contributed by atoms with Crippen molar-refractivity contribution in [2.24, 2.45) is 0 Å². The highest BCUT2D eigenvalue weighted by Crippen LogP contribution is 1.60. The van der Waals surface area contributed by atoms with E-state index in [-0.39, 0.29) is 0 Å². The van der Waals surface area contributed by atoms with Gasteiger partial charge in [0.05, 0.1) is 0 Å². The molecule has 0 aromatic carbocycles. The number of ether oxygens (including phenoxy) is 4. The second kappa shape index (κ2) is 53.2. The summed E-state index contributed by atoms with van der Waals surface area (Å²) in [5, 5.41) is 14.0. The number of rotatable bonds is 4. The average molecular weight is 216 g/mol. The largest absolute Gasteiger partial charge is 0.400 e. The van der Waals surface area contributed by atoms with Crippen molar-refractivity contribution in [1.29, 1.82) is 0 Å². The predicted molar refractivity (Wildman–Crippen MR) is 54.1 cm³/mol. The summed E-state index contributed by atoms with van der Waals surface area (Å²) in [6.07, 6.45) is 0. The fourth-order valence-corrected chi connectivity index (χ4v) is 0.236. The van der Waals surface area contributed by atoms with Crippen LogP contribution in [0.25, 0.3) is 0 Å². The normalized spacial score (nSPS) is 6.86. The van der Waals surface area contributed by atoms with Crippen molar-refractivity contribution in [3.05, 3.63) is 0 Å². The summed E-state index contributed by atoms with van der Waals surface area (Å²) in [5.74, 6) is 0. The van der Waals surface area contributed by atoms with Crippen molar-refractivity contribution >= 4 is 0 Å². The second-order valence-electron chi connectivity index (χ2n) is 1.39. The van der Waals surface area contributed by atoms with Crippen LogP contribution in [0.15, 0.2) is 0 Å². The summed E-state index contributed by atoms with van der Waals surface area (Å²) in [7, 11) is 8.35. The maximum absolute atomic E-state index is 7.00. The van der Waals surface area contributed by atoms with Crippen molar-refractivity contribution in [3.63, 3.8) is 0 Å². The monoisotopic (exact) mass is 216 g/mol. The molecular formula is C8H24O6. The van der Waals surface area contributed by atoms with E-state index >= 15 is 0 Å². The van der Waals surface area contributed by atoms with E-state index in [2.05, 4.69) is 18.9 Å².